The van der Waals surface area contributed by atoms with Crippen LogP contribution in [0.15, 0.2) is 28.8 Å². The summed E-state index contributed by atoms with van der Waals surface area (Å²) in [5.74, 6) is 0.734. The van der Waals surface area contributed by atoms with Crippen LogP contribution in [0.2, 0.25) is 0 Å². The number of anilines is 1. The van der Waals surface area contributed by atoms with E-state index in [0.717, 1.165) is 12.0 Å². The number of nitrogens with zero attached hydrogens (tertiary/aromatic N) is 1. The van der Waals surface area contributed by atoms with E-state index in [1.54, 1.807) is 18.2 Å². The molecule has 0 fully saturated rings. The standard InChI is InChI=1S/C15H18N2O3/c1-9(2)6-11-8-13(17-20-11)15(19)16-12-7-10(3)4-5-14(12)18/h4-5,7-9,18H,6H2,1-3H3,(H,16,19). The Kier molecular flexibility index (Phi) is 4.08. The van der Waals surface area contributed by atoms with E-state index in [1.807, 2.05) is 6.92 Å². The Labute approximate surface area is 117 Å². The van der Waals surface area contributed by atoms with E-state index in [4.69, 9.17) is 4.52 Å². The molecule has 0 atom stereocenters. The van der Waals surface area contributed by atoms with Crippen molar-refractivity contribution in [2.45, 2.75) is 27.2 Å². The third kappa shape index (κ3) is 3.38. The van der Waals surface area contributed by atoms with Gasteiger partial charge in [-0.25, -0.2) is 0 Å². The zero-order valence-corrected chi connectivity index (χ0v) is 11.8. The van der Waals surface area contributed by atoms with E-state index in [1.165, 1.54) is 6.07 Å². The zero-order valence-electron chi connectivity index (χ0n) is 11.8. The van der Waals surface area contributed by atoms with Crippen LogP contribution in [0.25, 0.3) is 0 Å². The van der Waals surface area contributed by atoms with Crippen LogP contribution in [-0.4, -0.2) is 16.2 Å². The number of aromatic nitrogens is 1. The summed E-state index contributed by atoms with van der Waals surface area (Å²) in [6.45, 7) is 6.01. The van der Waals surface area contributed by atoms with Crippen LogP contribution in [0.5, 0.6) is 5.75 Å². The van der Waals surface area contributed by atoms with Crippen LogP contribution < -0.4 is 5.32 Å². The fourth-order valence-electron chi connectivity index (χ4n) is 1.85. The summed E-state index contributed by atoms with van der Waals surface area (Å²) in [4.78, 5) is 12.0. The van der Waals surface area contributed by atoms with Crippen LogP contribution in [-0.2, 0) is 6.42 Å². The van der Waals surface area contributed by atoms with Gasteiger partial charge in [-0.1, -0.05) is 25.1 Å². The molecule has 20 heavy (non-hydrogen) atoms. The number of hydrogen-bond donors (Lipinski definition) is 2. The molecule has 0 saturated carbocycles. The maximum Gasteiger partial charge on any atom is 0.277 e. The van der Waals surface area contributed by atoms with Gasteiger partial charge in [-0.15, -0.1) is 0 Å². The van der Waals surface area contributed by atoms with Gasteiger partial charge < -0.3 is 14.9 Å². The van der Waals surface area contributed by atoms with E-state index in [-0.39, 0.29) is 11.4 Å². The molecule has 2 rings (SSSR count). The molecule has 2 aromatic rings. The molecule has 1 amide bonds. The molecular weight excluding hydrogens is 256 g/mol. The first kappa shape index (κ1) is 14.1. The fraction of sp³-hybridized carbons (Fsp3) is 0.333. The second-order valence-electron chi connectivity index (χ2n) is 5.25. The summed E-state index contributed by atoms with van der Waals surface area (Å²) in [6.07, 6.45) is 0.732. The van der Waals surface area contributed by atoms with Crippen molar-refractivity contribution < 1.29 is 14.4 Å². The Bertz CT molecular complexity index is 617. The van der Waals surface area contributed by atoms with Crippen LogP contribution in [0.3, 0.4) is 0 Å². The second-order valence-corrected chi connectivity index (χ2v) is 5.25. The largest absolute Gasteiger partial charge is 0.506 e. The molecule has 0 bridgehead atoms. The molecule has 1 heterocycles. The average Bonchev–Trinajstić information content (AvgIpc) is 2.81. The summed E-state index contributed by atoms with van der Waals surface area (Å²) in [5.41, 5.74) is 1.52. The number of nitrogens with one attached hydrogen (secondary N) is 1. The van der Waals surface area contributed by atoms with Gasteiger partial charge >= 0.3 is 0 Å². The number of phenols is 1. The van der Waals surface area contributed by atoms with Crippen LogP contribution in [0.4, 0.5) is 5.69 Å². The number of benzene rings is 1. The lowest BCUT2D eigenvalue weighted by atomic mass is 10.1. The van der Waals surface area contributed by atoms with E-state index >= 15 is 0 Å². The molecule has 0 aliphatic carbocycles. The first-order chi connectivity index (χ1) is 9.45. The molecule has 0 unspecified atom stereocenters. The molecular formula is C15H18N2O3. The van der Waals surface area contributed by atoms with Crippen molar-refractivity contribution >= 4 is 11.6 Å². The van der Waals surface area contributed by atoms with Crippen LogP contribution in [0, 0.1) is 12.8 Å². The minimum Gasteiger partial charge on any atom is -0.506 e. The minimum absolute atomic E-state index is 0.0230. The predicted octanol–water partition coefficient (Wildman–Crippen LogP) is 3.14. The van der Waals surface area contributed by atoms with Crippen molar-refractivity contribution in [3.05, 3.63) is 41.3 Å². The Morgan fingerprint density at radius 2 is 2.15 bits per heavy atom. The summed E-state index contributed by atoms with van der Waals surface area (Å²) in [7, 11) is 0. The molecule has 0 aliphatic heterocycles. The summed E-state index contributed by atoms with van der Waals surface area (Å²) in [5, 5.41) is 16.1. The third-order valence-corrected chi connectivity index (χ3v) is 2.80. The quantitative estimate of drug-likeness (QED) is 0.840. The van der Waals surface area contributed by atoms with E-state index in [9.17, 15) is 9.90 Å². The van der Waals surface area contributed by atoms with Gasteiger partial charge in [0.25, 0.3) is 5.91 Å². The highest BCUT2D eigenvalue weighted by Crippen LogP contribution is 2.24. The molecule has 2 N–H and O–H groups in total. The fourth-order valence-corrected chi connectivity index (χ4v) is 1.85. The van der Waals surface area contributed by atoms with Crippen molar-refractivity contribution in [1.29, 1.82) is 0 Å². The van der Waals surface area contributed by atoms with Gasteiger partial charge in [0.2, 0.25) is 0 Å². The normalized spacial score (nSPS) is 10.8. The van der Waals surface area contributed by atoms with Gasteiger partial charge in [0.1, 0.15) is 11.5 Å². The first-order valence-electron chi connectivity index (χ1n) is 6.52. The number of aromatic hydroxyl groups is 1. The SMILES string of the molecule is Cc1ccc(O)c(NC(=O)c2cc(CC(C)C)on2)c1. The highest BCUT2D eigenvalue weighted by molar-refractivity contribution is 6.03. The van der Waals surface area contributed by atoms with Gasteiger partial charge in [-0.3, -0.25) is 4.79 Å². The Morgan fingerprint density at radius 1 is 1.40 bits per heavy atom. The summed E-state index contributed by atoms with van der Waals surface area (Å²) >= 11 is 0. The summed E-state index contributed by atoms with van der Waals surface area (Å²) < 4.78 is 5.11. The van der Waals surface area contributed by atoms with Crippen molar-refractivity contribution in [3.8, 4) is 5.75 Å². The van der Waals surface area contributed by atoms with Crippen LogP contribution >= 0.6 is 0 Å². The van der Waals surface area contributed by atoms with Crippen molar-refractivity contribution in [2.24, 2.45) is 5.92 Å². The minimum atomic E-state index is -0.398. The Hall–Kier alpha value is -2.30. The maximum absolute atomic E-state index is 12.0. The van der Waals surface area contributed by atoms with E-state index < -0.39 is 5.91 Å². The third-order valence-electron chi connectivity index (χ3n) is 2.80. The zero-order chi connectivity index (χ0) is 14.7. The number of aryl methyl sites for hydroxylation is 1. The van der Waals surface area contributed by atoms with Crippen molar-refractivity contribution in [1.82, 2.24) is 5.16 Å². The molecule has 0 saturated heterocycles. The molecule has 5 heteroatoms. The number of carbonyl (C=O) groups excluding carboxylic acids is 1. The number of rotatable bonds is 4. The molecule has 1 aromatic carbocycles. The maximum atomic E-state index is 12.0. The highest BCUT2D eigenvalue weighted by Gasteiger charge is 2.15. The molecule has 0 radical (unpaired) electrons. The Balaban J connectivity index is 2.11. The van der Waals surface area contributed by atoms with Gasteiger partial charge in [0, 0.05) is 12.5 Å². The molecule has 0 aliphatic rings. The van der Waals surface area contributed by atoms with E-state index in [2.05, 4.69) is 24.3 Å². The lowest BCUT2D eigenvalue weighted by molar-refractivity contribution is 0.101. The molecule has 1 aromatic heterocycles. The predicted molar refractivity (Wildman–Crippen MR) is 75.8 cm³/mol. The van der Waals surface area contributed by atoms with Crippen molar-refractivity contribution in [2.75, 3.05) is 5.32 Å². The monoisotopic (exact) mass is 274 g/mol. The molecule has 0 spiro atoms. The first-order valence-corrected chi connectivity index (χ1v) is 6.52. The topological polar surface area (TPSA) is 75.4 Å². The second kappa shape index (κ2) is 5.77. The highest BCUT2D eigenvalue weighted by atomic mass is 16.5. The number of carbonyl (C=O) groups is 1. The van der Waals surface area contributed by atoms with Gasteiger partial charge in [0.05, 0.1) is 5.69 Å². The number of hydrogen-bond acceptors (Lipinski definition) is 4. The molecule has 5 nitrogen and oxygen atoms in total. The number of phenolic OH excluding ortho intramolecular Hbond substituents is 1. The van der Waals surface area contributed by atoms with Gasteiger partial charge in [0.15, 0.2) is 5.69 Å². The average molecular weight is 274 g/mol. The Morgan fingerprint density at radius 3 is 2.85 bits per heavy atom. The van der Waals surface area contributed by atoms with Gasteiger partial charge in [-0.2, -0.15) is 0 Å². The van der Waals surface area contributed by atoms with Crippen LogP contribution in [0.1, 0.15) is 35.7 Å². The molecule has 106 valence electrons. The summed E-state index contributed by atoms with van der Waals surface area (Å²) in [6, 6.07) is 6.63. The van der Waals surface area contributed by atoms with E-state index in [0.29, 0.717) is 17.4 Å². The van der Waals surface area contributed by atoms with Crippen molar-refractivity contribution in [3.63, 3.8) is 0 Å². The lowest BCUT2D eigenvalue weighted by Gasteiger charge is -2.06. The smallest absolute Gasteiger partial charge is 0.277 e. The number of amides is 1. The van der Waals surface area contributed by atoms with Gasteiger partial charge in [-0.05, 0) is 30.5 Å². The lowest BCUT2D eigenvalue weighted by Crippen LogP contribution is -2.12.